The van der Waals surface area contributed by atoms with Gasteiger partial charge < -0.3 is 4.52 Å². The third-order valence-electron chi connectivity index (χ3n) is 5.03. The Morgan fingerprint density at radius 1 is 1.17 bits per heavy atom. The number of nitrogens with zero attached hydrogens (tertiary/aromatic N) is 4. The Kier molecular flexibility index (Phi) is 5.92. The maximum absolute atomic E-state index is 13.4. The van der Waals surface area contributed by atoms with E-state index in [1.165, 1.54) is 17.3 Å². The van der Waals surface area contributed by atoms with E-state index in [1.54, 1.807) is 29.7 Å². The third kappa shape index (κ3) is 4.13. The molecule has 0 amide bonds. The van der Waals surface area contributed by atoms with Crippen LogP contribution in [0.1, 0.15) is 43.5 Å². The summed E-state index contributed by atoms with van der Waals surface area (Å²) in [6.07, 6.45) is 1.06. The number of hydrogen-bond acceptors (Lipinski definition) is 6. The van der Waals surface area contributed by atoms with Crippen LogP contribution in [0.3, 0.4) is 0 Å². The molecule has 0 radical (unpaired) electrons. The molecule has 0 saturated heterocycles. The van der Waals surface area contributed by atoms with Crippen molar-refractivity contribution < 1.29 is 4.52 Å². The van der Waals surface area contributed by atoms with Gasteiger partial charge in [-0.1, -0.05) is 54.5 Å². The van der Waals surface area contributed by atoms with E-state index < -0.39 is 0 Å². The molecular formula is C22H21ClN4O2S. The number of benzene rings is 2. The number of hydrogen-bond donors (Lipinski definition) is 0. The maximum atomic E-state index is 13.4. The van der Waals surface area contributed by atoms with Crippen molar-refractivity contribution in [3.05, 3.63) is 75.1 Å². The van der Waals surface area contributed by atoms with Gasteiger partial charge in [-0.15, -0.1) is 0 Å². The van der Waals surface area contributed by atoms with Gasteiger partial charge in [-0.2, -0.15) is 4.98 Å². The van der Waals surface area contributed by atoms with Crippen molar-refractivity contribution in [2.24, 2.45) is 0 Å². The fraction of sp³-hybridized carbons (Fsp3) is 0.273. The van der Waals surface area contributed by atoms with Crippen LogP contribution in [0.5, 0.6) is 0 Å². The molecule has 30 heavy (non-hydrogen) atoms. The average molecular weight is 441 g/mol. The first-order valence-electron chi connectivity index (χ1n) is 9.71. The van der Waals surface area contributed by atoms with Crippen molar-refractivity contribution in [3.63, 3.8) is 0 Å². The first kappa shape index (κ1) is 20.6. The van der Waals surface area contributed by atoms with Gasteiger partial charge in [0.25, 0.3) is 5.56 Å². The Bertz CT molecular complexity index is 1250. The highest BCUT2D eigenvalue weighted by Crippen LogP contribution is 2.26. The number of thioether (sulfide) groups is 1. The first-order valence-corrected chi connectivity index (χ1v) is 11.1. The molecule has 0 N–H and O–H groups in total. The van der Waals surface area contributed by atoms with E-state index >= 15 is 0 Å². The fourth-order valence-electron chi connectivity index (χ4n) is 3.18. The number of rotatable bonds is 6. The Balaban J connectivity index is 1.82. The molecule has 154 valence electrons. The molecule has 2 aromatic heterocycles. The van der Waals surface area contributed by atoms with E-state index in [-0.39, 0.29) is 5.56 Å². The van der Waals surface area contributed by atoms with E-state index in [1.807, 2.05) is 12.1 Å². The highest BCUT2D eigenvalue weighted by Gasteiger charge is 2.16. The van der Waals surface area contributed by atoms with Gasteiger partial charge in [-0.25, -0.2) is 4.98 Å². The number of aryl methyl sites for hydroxylation is 1. The van der Waals surface area contributed by atoms with E-state index in [2.05, 4.69) is 36.1 Å². The lowest BCUT2D eigenvalue weighted by Crippen LogP contribution is -2.22. The summed E-state index contributed by atoms with van der Waals surface area (Å²) in [6, 6.07) is 13.2. The minimum atomic E-state index is -0.161. The second kappa shape index (κ2) is 8.62. The zero-order chi connectivity index (χ0) is 21.3. The highest BCUT2D eigenvalue weighted by molar-refractivity contribution is 7.98. The van der Waals surface area contributed by atoms with Gasteiger partial charge in [-0.3, -0.25) is 9.36 Å². The van der Waals surface area contributed by atoms with Crippen LogP contribution in [0, 0.1) is 6.92 Å². The van der Waals surface area contributed by atoms with Crippen molar-refractivity contribution in [2.45, 2.75) is 44.0 Å². The summed E-state index contributed by atoms with van der Waals surface area (Å²) >= 11 is 7.53. The van der Waals surface area contributed by atoms with E-state index in [9.17, 15) is 4.79 Å². The molecule has 0 aliphatic rings. The van der Waals surface area contributed by atoms with Gasteiger partial charge >= 0.3 is 0 Å². The Morgan fingerprint density at radius 2 is 1.93 bits per heavy atom. The van der Waals surface area contributed by atoms with Crippen LogP contribution >= 0.6 is 23.4 Å². The van der Waals surface area contributed by atoms with E-state index in [0.717, 1.165) is 12.1 Å². The maximum Gasteiger partial charge on any atom is 0.266 e. The molecular weight excluding hydrogens is 420 g/mol. The largest absolute Gasteiger partial charge is 0.340 e. The molecule has 0 unspecified atom stereocenters. The Labute approximate surface area is 183 Å². The predicted octanol–water partition coefficient (Wildman–Crippen LogP) is 5.54. The SMILES string of the molecule is CC[C@H](C)c1ccc(-n2c(SCc3noc(C)n3)nc3ccc(Cl)cc3c2=O)cc1. The van der Waals surface area contributed by atoms with Crippen LogP contribution in [-0.2, 0) is 5.75 Å². The molecule has 0 fully saturated rings. The summed E-state index contributed by atoms with van der Waals surface area (Å²) in [5.74, 6) is 1.96. The van der Waals surface area contributed by atoms with Gasteiger partial charge in [0.15, 0.2) is 11.0 Å². The molecule has 0 saturated carbocycles. The topological polar surface area (TPSA) is 73.8 Å². The van der Waals surface area contributed by atoms with Crippen molar-refractivity contribution >= 4 is 34.3 Å². The average Bonchev–Trinajstić information content (AvgIpc) is 3.17. The van der Waals surface area contributed by atoms with Crippen molar-refractivity contribution in [1.29, 1.82) is 0 Å². The van der Waals surface area contributed by atoms with Crippen molar-refractivity contribution in [3.8, 4) is 5.69 Å². The van der Waals surface area contributed by atoms with E-state index in [0.29, 0.717) is 44.5 Å². The molecule has 0 aliphatic heterocycles. The lowest BCUT2D eigenvalue weighted by molar-refractivity contribution is 0.389. The number of aromatic nitrogens is 4. The lowest BCUT2D eigenvalue weighted by Gasteiger charge is -2.14. The zero-order valence-electron chi connectivity index (χ0n) is 16.9. The molecule has 4 rings (SSSR count). The molecule has 4 aromatic rings. The molecule has 0 aliphatic carbocycles. The summed E-state index contributed by atoms with van der Waals surface area (Å²) < 4.78 is 6.66. The summed E-state index contributed by atoms with van der Waals surface area (Å²) in [5.41, 5.74) is 2.44. The van der Waals surface area contributed by atoms with Gasteiger partial charge in [0.1, 0.15) is 0 Å². The molecule has 2 heterocycles. The van der Waals surface area contributed by atoms with Crippen LogP contribution < -0.4 is 5.56 Å². The molecule has 6 nitrogen and oxygen atoms in total. The van der Waals surface area contributed by atoms with Crippen molar-refractivity contribution in [2.75, 3.05) is 0 Å². The Morgan fingerprint density at radius 3 is 2.60 bits per heavy atom. The summed E-state index contributed by atoms with van der Waals surface area (Å²) in [5, 5.41) is 5.48. The quantitative estimate of drug-likeness (QED) is 0.289. The van der Waals surface area contributed by atoms with Gasteiger partial charge in [0.05, 0.1) is 22.3 Å². The highest BCUT2D eigenvalue weighted by atomic mass is 35.5. The van der Waals surface area contributed by atoms with Crippen LogP contribution in [0.25, 0.3) is 16.6 Å². The van der Waals surface area contributed by atoms with Gasteiger partial charge in [0.2, 0.25) is 5.89 Å². The second-order valence-corrected chi connectivity index (χ2v) is 8.49. The van der Waals surface area contributed by atoms with Crippen LogP contribution in [0.2, 0.25) is 5.02 Å². The normalized spacial score (nSPS) is 12.4. The second-order valence-electron chi connectivity index (χ2n) is 7.12. The zero-order valence-corrected chi connectivity index (χ0v) is 18.5. The third-order valence-corrected chi connectivity index (χ3v) is 6.20. The standard InChI is InChI=1S/C22H21ClN4O2S/c1-4-13(2)15-5-8-17(9-6-15)27-21(28)18-11-16(23)7-10-19(18)25-22(27)30-12-20-24-14(3)29-26-20/h5-11,13H,4,12H2,1-3H3/t13-/m0/s1. The van der Waals surface area contributed by atoms with Crippen molar-refractivity contribution in [1.82, 2.24) is 19.7 Å². The summed E-state index contributed by atoms with van der Waals surface area (Å²) in [4.78, 5) is 22.4. The molecule has 2 aromatic carbocycles. The molecule has 0 spiro atoms. The van der Waals surface area contributed by atoms with Crippen LogP contribution in [0.15, 0.2) is 56.9 Å². The summed E-state index contributed by atoms with van der Waals surface area (Å²) in [7, 11) is 0. The summed E-state index contributed by atoms with van der Waals surface area (Å²) in [6.45, 7) is 6.09. The first-order chi connectivity index (χ1) is 14.5. The number of fused-ring (bicyclic) bond motifs is 1. The van der Waals surface area contributed by atoms with E-state index in [4.69, 9.17) is 21.1 Å². The van der Waals surface area contributed by atoms with Crippen LogP contribution in [0.4, 0.5) is 0 Å². The molecule has 8 heteroatoms. The fourth-order valence-corrected chi connectivity index (χ4v) is 4.21. The Hall–Kier alpha value is -2.64. The van der Waals surface area contributed by atoms with Gasteiger partial charge in [0, 0.05) is 11.9 Å². The smallest absolute Gasteiger partial charge is 0.266 e. The predicted molar refractivity (Wildman–Crippen MR) is 120 cm³/mol. The van der Waals surface area contributed by atoms with Crippen LogP contribution in [-0.4, -0.2) is 19.7 Å². The number of halogens is 1. The molecule has 1 atom stereocenters. The minimum absolute atomic E-state index is 0.161. The lowest BCUT2D eigenvalue weighted by atomic mass is 9.98. The monoisotopic (exact) mass is 440 g/mol. The van der Waals surface area contributed by atoms with Gasteiger partial charge in [-0.05, 0) is 48.2 Å². The minimum Gasteiger partial charge on any atom is -0.340 e. The molecule has 0 bridgehead atoms.